The maximum absolute atomic E-state index is 13.8. The van der Waals surface area contributed by atoms with Gasteiger partial charge in [-0.15, -0.1) is 0 Å². The van der Waals surface area contributed by atoms with Crippen LogP contribution in [-0.4, -0.2) is 9.78 Å². The van der Waals surface area contributed by atoms with Gasteiger partial charge in [-0.3, -0.25) is 4.68 Å². The first-order valence-corrected chi connectivity index (χ1v) is 6.45. The maximum Gasteiger partial charge on any atom is 0.194 e. The fraction of sp³-hybridized carbons (Fsp3) is 0.308. The van der Waals surface area contributed by atoms with E-state index in [1.807, 2.05) is 6.92 Å². The highest BCUT2D eigenvalue weighted by atomic mass is 35.5. The lowest BCUT2D eigenvalue weighted by Gasteiger charge is -2.16. The lowest BCUT2D eigenvalue weighted by atomic mass is 10.0. The average Bonchev–Trinajstić information content (AvgIpc) is 2.77. The second-order valence-corrected chi connectivity index (χ2v) is 4.75. The van der Waals surface area contributed by atoms with Gasteiger partial charge in [-0.25, -0.2) is 13.2 Å². The van der Waals surface area contributed by atoms with Gasteiger partial charge in [-0.1, -0.05) is 24.6 Å². The van der Waals surface area contributed by atoms with Crippen molar-refractivity contribution in [2.45, 2.75) is 25.9 Å². The summed E-state index contributed by atoms with van der Waals surface area (Å²) >= 11 is 6.00. The zero-order valence-corrected chi connectivity index (χ0v) is 11.5. The molecule has 1 aromatic carbocycles. The van der Waals surface area contributed by atoms with Crippen LogP contribution < -0.4 is 5.73 Å². The molecule has 0 aliphatic heterocycles. The van der Waals surface area contributed by atoms with E-state index in [0.29, 0.717) is 12.2 Å². The molecule has 7 heteroatoms. The Kier molecular flexibility index (Phi) is 4.35. The van der Waals surface area contributed by atoms with E-state index < -0.39 is 23.5 Å². The van der Waals surface area contributed by atoms with Crippen LogP contribution >= 0.6 is 11.6 Å². The third-order valence-electron chi connectivity index (χ3n) is 2.96. The molecule has 0 radical (unpaired) electrons. The first-order valence-electron chi connectivity index (χ1n) is 6.07. The zero-order valence-electron chi connectivity index (χ0n) is 10.7. The number of nitrogens with zero attached hydrogens (tertiary/aromatic N) is 2. The fourth-order valence-corrected chi connectivity index (χ4v) is 2.26. The van der Waals surface area contributed by atoms with Gasteiger partial charge >= 0.3 is 0 Å². The lowest BCUT2D eigenvalue weighted by Crippen LogP contribution is -2.20. The topological polar surface area (TPSA) is 43.8 Å². The molecular formula is C13H13ClF3N3. The van der Waals surface area contributed by atoms with Crippen molar-refractivity contribution in [2.75, 3.05) is 0 Å². The van der Waals surface area contributed by atoms with Crippen LogP contribution in [0.3, 0.4) is 0 Å². The maximum atomic E-state index is 13.8. The normalized spacial score (nSPS) is 12.7. The van der Waals surface area contributed by atoms with E-state index in [9.17, 15) is 13.2 Å². The number of aryl methyl sites for hydroxylation is 1. The van der Waals surface area contributed by atoms with Crippen molar-refractivity contribution in [3.8, 4) is 0 Å². The number of aromatic nitrogens is 2. The molecule has 1 heterocycles. The number of rotatable bonds is 4. The van der Waals surface area contributed by atoms with E-state index in [1.165, 1.54) is 10.9 Å². The Morgan fingerprint density at radius 3 is 2.65 bits per heavy atom. The van der Waals surface area contributed by atoms with E-state index in [4.69, 9.17) is 17.3 Å². The summed E-state index contributed by atoms with van der Waals surface area (Å²) in [5.74, 6) is -4.11. The summed E-state index contributed by atoms with van der Waals surface area (Å²) in [6, 6.07) is 0.923. The van der Waals surface area contributed by atoms with Crippen molar-refractivity contribution in [1.82, 2.24) is 9.78 Å². The van der Waals surface area contributed by atoms with Crippen LogP contribution in [0.2, 0.25) is 5.02 Å². The molecule has 1 aromatic heterocycles. The Hall–Kier alpha value is -1.53. The standard InChI is InChI=1S/C13H13ClF3N3/c1-2-5-20-13(8(14)6-19-20)12(18)7-3-4-9(15)11(17)10(7)16/h3-4,6,12H,2,5,18H2,1H3. The van der Waals surface area contributed by atoms with E-state index in [-0.39, 0.29) is 10.6 Å². The first-order chi connectivity index (χ1) is 9.47. The van der Waals surface area contributed by atoms with Crippen molar-refractivity contribution >= 4 is 11.6 Å². The molecular weight excluding hydrogens is 291 g/mol. The number of halogens is 4. The monoisotopic (exact) mass is 303 g/mol. The number of hydrogen-bond donors (Lipinski definition) is 1. The molecule has 0 spiro atoms. The van der Waals surface area contributed by atoms with Crippen LogP contribution in [0.25, 0.3) is 0 Å². The Morgan fingerprint density at radius 1 is 1.30 bits per heavy atom. The van der Waals surface area contributed by atoms with Crippen molar-refractivity contribution in [3.63, 3.8) is 0 Å². The third-order valence-corrected chi connectivity index (χ3v) is 3.25. The summed E-state index contributed by atoms with van der Waals surface area (Å²) in [4.78, 5) is 0. The molecule has 1 atom stereocenters. The molecule has 0 saturated heterocycles. The number of hydrogen-bond acceptors (Lipinski definition) is 2. The minimum atomic E-state index is -1.55. The van der Waals surface area contributed by atoms with Crippen LogP contribution in [-0.2, 0) is 6.54 Å². The molecule has 2 N–H and O–H groups in total. The lowest BCUT2D eigenvalue weighted by molar-refractivity contribution is 0.436. The SMILES string of the molecule is CCCn1ncc(Cl)c1C(N)c1ccc(F)c(F)c1F. The molecule has 3 nitrogen and oxygen atoms in total. The predicted octanol–water partition coefficient (Wildman–Crippen LogP) is 3.41. The van der Waals surface area contributed by atoms with Crippen molar-refractivity contribution in [3.05, 3.63) is 52.1 Å². The molecule has 108 valence electrons. The largest absolute Gasteiger partial charge is 0.319 e. The average molecular weight is 304 g/mol. The van der Waals surface area contributed by atoms with Gasteiger partial charge in [-0.2, -0.15) is 5.10 Å². The number of benzene rings is 1. The molecule has 0 aliphatic carbocycles. The Labute approximate surface area is 119 Å². The second kappa shape index (κ2) is 5.85. The predicted molar refractivity (Wildman–Crippen MR) is 69.9 cm³/mol. The fourth-order valence-electron chi connectivity index (χ4n) is 2.00. The third kappa shape index (κ3) is 2.53. The minimum Gasteiger partial charge on any atom is -0.319 e. The van der Waals surface area contributed by atoms with Crippen LogP contribution in [0.5, 0.6) is 0 Å². The molecule has 0 amide bonds. The van der Waals surface area contributed by atoms with Crippen LogP contribution in [0.15, 0.2) is 18.3 Å². The van der Waals surface area contributed by atoms with Gasteiger partial charge in [0.25, 0.3) is 0 Å². The van der Waals surface area contributed by atoms with Crippen LogP contribution in [0.1, 0.15) is 30.6 Å². The van der Waals surface area contributed by atoms with Gasteiger partial charge < -0.3 is 5.73 Å². The summed E-state index contributed by atoms with van der Waals surface area (Å²) in [6.45, 7) is 2.48. The zero-order chi connectivity index (χ0) is 14.9. The van der Waals surface area contributed by atoms with Gasteiger partial charge in [0.15, 0.2) is 17.5 Å². The summed E-state index contributed by atoms with van der Waals surface area (Å²) < 4.78 is 41.5. The number of nitrogens with two attached hydrogens (primary N) is 1. The second-order valence-electron chi connectivity index (χ2n) is 4.34. The van der Waals surface area contributed by atoms with Gasteiger partial charge in [0.1, 0.15) is 0 Å². The quantitative estimate of drug-likeness (QED) is 0.880. The Morgan fingerprint density at radius 2 is 2.00 bits per heavy atom. The summed E-state index contributed by atoms with van der Waals surface area (Å²) in [5.41, 5.74) is 6.15. The molecule has 0 aliphatic rings. The molecule has 2 rings (SSSR count). The van der Waals surface area contributed by atoms with Crippen molar-refractivity contribution in [2.24, 2.45) is 5.73 Å². The molecule has 2 aromatic rings. The van der Waals surface area contributed by atoms with E-state index in [2.05, 4.69) is 5.10 Å². The summed E-state index contributed by atoms with van der Waals surface area (Å²) in [7, 11) is 0. The molecule has 1 unspecified atom stereocenters. The highest BCUT2D eigenvalue weighted by molar-refractivity contribution is 6.31. The van der Waals surface area contributed by atoms with E-state index in [0.717, 1.165) is 18.6 Å². The van der Waals surface area contributed by atoms with Gasteiger partial charge in [0, 0.05) is 12.1 Å². The van der Waals surface area contributed by atoms with Crippen LogP contribution in [0.4, 0.5) is 13.2 Å². The van der Waals surface area contributed by atoms with Gasteiger partial charge in [-0.05, 0) is 12.5 Å². The molecule has 20 heavy (non-hydrogen) atoms. The van der Waals surface area contributed by atoms with E-state index in [1.54, 1.807) is 0 Å². The smallest absolute Gasteiger partial charge is 0.194 e. The van der Waals surface area contributed by atoms with Crippen LogP contribution in [0, 0.1) is 17.5 Å². The van der Waals surface area contributed by atoms with Crippen molar-refractivity contribution in [1.29, 1.82) is 0 Å². The molecule has 0 saturated carbocycles. The first kappa shape index (κ1) is 14.9. The minimum absolute atomic E-state index is 0.163. The Bertz CT molecular complexity index is 628. The highest BCUT2D eigenvalue weighted by Gasteiger charge is 2.24. The highest BCUT2D eigenvalue weighted by Crippen LogP contribution is 2.29. The summed E-state index contributed by atoms with van der Waals surface area (Å²) in [5, 5.41) is 4.30. The van der Waals surface area contributed by atoms with Crippen molar-refractivity contribution < 1.29 is 13.2 Å². The summed E-state index contributed by atoms with van der Waals surface area (Å²) in [6.07, 6.45) is 2.17. The van der Waals surface area contributed by atoms with Gasteiger partial charge in [0.05, 0.1) is 23.0 Å². The van der Waals surface area contributed by atoms with E-state index >= 15 is 0 Å². The van der Waals surface area contributed by atoms with Gasteiger partial charge in [0.2, 0.25) is 0 Å². The molecule has 0 bridgehead atoms. The Balaban J connectivity index is 2.49. The molecule has 0 fully saturated rings.